The molecule has 15 nitrogen and oxygen atoms in total. The second-order valence-corrected chi connectivity index (χ2v) is 16.7. The Kier molecular flexibility index (Phi) is 17.4. The molecule has 64 heavy (non-hydrogen) atoms. The number of nitrogens with one attached hydrogen (secondary N) is 3. The van der Waals surface area contributed by atoms with Crippen LogP contribution in [0.4, 0.5) is 5.69 Å². The van der Waals surface area contributed by atoms with Crippen molar-refractivity contribution in [3.63, 3.8) is 0 Å². The molecule has 0 aliphatic carbocycles. The topological polar surface area (TPSA) is 194 Å². The van der Waals surface area contributed by atoms with Gasteiger partial charge in [-0.05, 0) is 46.4 Å². The smallest absolute Gasteiger partial charge is 0.269 e. The van der Waals surface area contributed by atoms with Crippen molar-refractivity contribution < 1.29 is 46.6 Å². The van der Waals surface area contributed by atoms with Crippen LogP contribution in [0.25, 0.3) is 0 Å². The van der Waals surface area contributed by atoms with Crippen LogP contribution in [0.5, 0.6) is 0 Å². The maximum Gasteiger partial charge on any atom is 0.269 e. The third-order valence-corrected chi connectivity index (χ3v) is 11.8. The van der Waals surface area contributed by atoms with E-state index in [9.17, 15) is 28.1 Å². The molecule has 6 atom stereocenters. The van der Waals surface area contributed by atoms with Crippen LogP contribution in [0.1, 0.15) is 34.7 Å². The molecule has 0 unspecified atom stereocenters. The fraction of sp³-hybridized carbons (Fsp3) is 0.292. The maximum absolute atomic E-state index is 14.1. The van der Waals surface area contributed by atoms with E-state index < -0.39 is 70.1 Å². The number of carbonyl (C=O) groups is 2. The first-order valence-corrected chi connectivity index (χ1v) is 22.2. The van der Waals surface area contributed by atoms with E-state index in [0.29, 0.717) is 6.42 Å². The van der Waals surface area contributed by atoms with Crippen molar-refractivity contribution in [2.24, 2.45) is 0 Å². The second kappa shape index (κ2) is 23.5. The normalized spacial score (nSPS) is 19.0. The predicted octanol–water partition coefficient (Wildman–Crippen LogP) is 5.92. The van der Waals surface area contributed by atoms with Crippen LogP contribution in [0.3, 0.4) is 0 Å². The van der Waals surface area contributed by atoms with Gasteiger partial charge in [-0.2, -0.15) is 4.72 Å². The number of rotatable bonds is 23. The Balaban J connectivity index is 1.32. The van der Waals surface area contributed by atoms with E-state index in [1.54, 1.807) is 6.08 Å². The van der Waals surface area contributed by atoms with Gasteiger partial charge in [0.05, 0.1) is 42.9 Å². The van der Waals surface area contributed by atoms with Gasteiger partial charge < -0.3 is 34.3 Å². The van der Waals surface area contributed by atoms with Crippen LogP contribution in [0, 0.1) is 10.1 Å². The minimum Gasteiger partial charge on any atom is -0.374 e. The number of sulfonamides is 1. The number of nitrogens with zero attached hydrogens (tertiary/aromatic N) is 1. The van der Waals surface area contributed by atoms with Gasteiger partial charge in [-0.25, -0.2) is 8.42 Å². The third kappa shape index (κ3) is 13.7. The van der Waals surface area contributed by atoms with Crippen molar-refractivity contribution in [2.75, 3.05) is 13.2 Å². The summed E-state index contributed by atoms with van der Waals surface area (Å²) in [5.41, 5.74) is 4.03. The highest BCUT2D eigenvalue weighted by Crippen LogP contribution is 2.30. The molecule has 1 fully saturated rings. The Labute approximate surface area is 372 Å². The van der Waals surface area contributed by atoms with E-state index in [-0.39, 0.29) is 43.6 Å². The molecule has 5 aromatic rings. The van der Waals surface area contributed by atoms with Crippen molar-refractivity contribution in [3.05, 3.63) is 190 Å². The van der Waals surface area contributed by atoms with E-state index in [1.165, 1.54) is 6.92 Å². The molecular weight excluding hydrogens is 841 g/mol. The number of allylic oxidation sites excluding steroid dienone is 1. The van der Waals surface area contributed by atoms with E-state index in [2.05, 4.69) is 21.9 Å². The lowest BCUT2D eigenvalue weighted by Gasteiger charge is -2.46. The third-order valence-electron chi connectivity index (χ3n) is 10.3. The van der Waals surface area contributed by atoms with Gasteiger partial charge in [0.2, 0.25) is 21.8 Å². The summed E-state index contributed by atoms with van der Waals surface area (Å²) in [6.45, 7) is 5.11. The summed E-state index contributed by atoms with van der Waals surface area (Å²) in [6.07, 6.45) is -1.70. The van der Waals surface area contributed by atoms with Crippen molar-refractivity contribution in [2.45, 2.75) is 81.3 Å². The average Bonchev–Trinajstić information content (AvgIpc) is 3.30. The molecule has 0 bridgehead atoms. The number of nitro benzene ring substituents is 1. The van der Waals surface area contributed by atoms with Crippen LogP contribution < -0.4 is 15.4 Å². The van der Waals surface area contributed by atoms with Crippen LogP contribution in [0.2, 0.25) is 0 Å². The first kappa shape index (κ1) is 47.4. The summed E-state index contributed by atoms with van der Waals surface area (Å²) in [5.74, 6) is -1.18. The number of carbonyl (C=O) groups excluding carboxylic acids is 2. The molecule has 6 rings (SSSR count). The summed E-state index contributed by atoms with van der Waals surface area (Å²) in [5, 5.41) is 17.1. The monoisotopic (exact) mass is 892 g/mol. The molecule has 0 spiro atoms. The number of amides is 2. The quantitative estimate of drug-likeness (QED) is 0.0401. The highest BCUT2D eigenvalue weighted by atomic mass is 32.2. The maximum atomic E-state index is 14.1. The fourth-order valence-electron chi connectivity index (χ4n) is 7.12. The van der Waals surface area contributed by atoms with E-state index in [1.807, 2.05) is 115 Å². The van der Waals surface area contributed by atoms with Gasteiger partial charge in [-0.3, -0.25) is 19.7 Å². The summed E-state index contributed by atoms with van der Waals surface area (Å²) < 4.78 is 62.6. The summed E-state index contributed by atoms with van der Waals surface area (Å²) >= 11 is 0. The van der Waals surface area contributed by atoms with E-state index in [0.717, 1.165) is 52.1 Å². The lowest BCUT2D eigenvalue weighted by Crippen LogP contribution is -2.66. The Morgan fingerprint density at radius 2 is 1.31 bits per heavy atom. The van der Waals surface area contributed by atoms with Gasteiger partial charge in [-0.15, -0.1) is 6.58 Å². The highest BCUT2D eigenvalue weighted by Gasteiger charge is 2.49. The molecule has 1 saturated heterocycles. The van der Waals surface area contributed by atoms with Gasteiger partial charge in [0, 0.05) is 25.6 Å². The lowest BCUT2D eigenvalue weighted by atomic mass is 9.95. The first-order chi connectivity index (χ1) is 31.0. The van der Waals surface area contributed by atoms with Gasteiger partial charge >= 0.3 is 0 Å². The molecular formula is C48H52N4O11S. The molecule has 1 heterocycles. The van der Waals surface area contributed by atoms with E-state index in [4.69, 9.17) is 23.7 Å². The Morgan fingerprint density at radius 1 is 0.766 bits per heavy atom. The minimum atomic E-state index is -4.48. The van der Waals surface area contributed by atoms with Crippen molar-refractivity contribution in [3.8, 4) is 0 Å². The van der Waals surface area contributed by atoms with Crippen LogP contribution in [-0.2, 0) is 76.1 Å². The second-order valence-electron chi connectivity index (χ2n) is 15.0. The van der Waals surface area contributed by atoms with Crippen molar-refractivity contribution in [1.82, 2.24) is 15.4 Å². The van der Waals surface area contributed by atoms with Gasteiger partial charge in [0.25, 0.3) is 5.69 Å². The zero-order valence-electron chi connectivity index (χ0n) is 35.3. The largest absolute Gasteiger partial charge is 0.374 e. The Morgan fingerprint density at radius 3 is 1.88 bits per heavy atom. The first-order valence-electron chi connectivity index (χ1n) is 20.7. The molecule has 0 radical (unpaired) electrons. The molecule has 5 aromatic carbocycles. The number of ether oxygens (including phenoxy) is 5. The minimum absolute atomic E-state index is 0.00694. The van der Waals surface area contributed by atoms with Gasteiger partial charge in [0.15, 0.2) is 6.29 Å². The molecule has 1 aliphatic heterocycles. The number of benzene rings is 5. The number of hydrogen-bond donors (Lipinski definition) is 3. The molecule has 0 saturated carbocycles. The molecule has 0 aromatic heterocycles. The predicted molar refractivity (Wildman–Crippen MR) is 238 cm³/mol. The number of non-ortho nitro benzene ring substituents is 1. The van der Waals surface area contributed by atoms with Gasteiger partial charge in [0.1, 0.15) is 30.4 Å². The zero-order valence-corrected chi connectivity index (χ0v) is 36.1. The summed E-state index contributed by atoms with van der Waals surface area (Å²) in [4.78, 5) is 37.4. The van der Waals surface area contributed by atoms with Crippen LogP contribution in [-0.4, -0.2) is 75.1 Å². The highest BCUT2D eigenvalue weighted by molar-refractivity contribution is 7.89. The van der Waals surface area contributed by atoms with Crippen molar-refractivity contribution in [1.29, 1.82) is 0 Å². The number of hydrogen-bond acceptors (Lipinski definition) is 11. The number of nitro groups is 1. The average molecular weight is 893 g/mol. The molecule has 1 aliphatic rings. The zero-order chi connectivity index (χ0) is 45.3. The van der Waals surface area contributed by atoms with Crippen LogP contribution >= 0.6 is 0 Å². The lowest BCUT2D eigenvalue weighted by molar-refractivity contribution is -0.384. The summed E-state index contributed by atoms with van der Waals surface area (Å²) in [7, 11) is -4.48. The van der Waals surface area contributed by atoms with Crippen molar-refractivity contribution >= 4 is 27.5 Å². The van der Waals surface area contributed by atoms with E-state index >= 15 is 0 Å². The molecule has 336 valence electrons. The Bertz CT molecular complexity index is 2390. The molecule has 2 amide bonds. The van der Waals surface area contributed by atoms with Gasteiger partial charge in [-0.1, -0.05) is 121 Å². The Hall–Kier alpha value is -6.11. The molecule has 16 heteroatoms. The SMILES string of the molecule is C=CCc1ccccc1CNC(=O)[C@H](CO[C@H]1O[C@H](COCc2ccccc2)[C@@H](OCc2ccccc2)[C@H](OCc2ccccc2)[C@H]1NC(C)=O)NS(=O)(=O)c1ccc([N+](=O)[O-])cc1. The fourth-order valence-corrected chi connectivity index (χ4v) is 8.30. The van der Waals surface area contributed by atoms with Crippen LogP contribution in [0.15, 0.2) is 157 Å². The molecule has 3 N–H and O–H groups in total. The standard InChI is InChI=1S/C48H52N4O11S/c1-3-15-38-22-13-14-23-39(38)28-49-47(54)42(51-64(57,58)41-26-24-40(25-27-41)52(55)56)32-62-48-44(50-34(2)53)46(61-31-37-20-11-6-12-21-37)45(60-30-36-18-9-5-10-19-36)43(63-48)33-59-29-35-16-7-4-8-17-35/h3-14,16-27,42-46,48,51H,1,15,28-33H2,2H3,(H,49,54)(H,50,53)/t42-,43+,44+,45+,46+,48-/m0/s1. The summed E-state index contributed by atoms with van der Waals surface area (Å²) in [6, 6.07) is 37.6.